The summed E-state index contributed by atoms with van der Waals surface area (Å²) in [7, 11) is 3.93. The standard InChI is InChI=1S/C17H35NO2/c1-4-5-6-7-8-9-10-11-12-13-14-15-18(2,3)16-17(19)20/h4-16H2,1-3H3. The zero-order valence-corrected chi connectivity index (χ0v) is 14.0. The van der Waals surface area contributed by atoms with Crippen LogP contribution in [0.1, 0.15) is 77.6 Å². The van der Waals surface area contributed by atoms with Crippen LogP contribution < -0.4 is 5.11 Å². The molecule has 0 unspecified atom stereocenters. The molecule has 0 bridgehead atoms. The SMILES string of the molecule is CCCCCCCCCCCCC[N+](C)(C)CC(=O)[O-]. The topological polar surface area (TPSA) is 40.1 Å². The number of likely N-dealkylation sites (N-methyl/N-ethyl adjacent to an activating group) is 1. The number of hydrogen-bond acceptors (Lipinski definition) is 2. The number of quaternary nitrogens is 1. The number of carbonyl (C=O) groups is 1. The van der Waals surface area contributed by atoms with E-state index >= 15 is 0 Å². The van der Waals surface area contributed by atoms with Crippen LogP contribution >= 0.6 is 0 Å². The molecular weight excluding hydrogens is 250 g/mol. The van der Waals surface area contributed by atoms with Crippen molar-refractivity contribution in [1.29, 1.82) is 0 Å². The fourth-order valence-electron chi connectivity index (χ4n) is 2.63. The Bertz CT molecular complexity index is 239. The quantitative estimate of drug-likeness (QED) is 0.363. The van der Waals surface area contributed by atoms with Crippen molar-refractivity contribution in [3.63, 3.8) is 0 Å². The third kappa shape index (κ3) is 13.9. The summed E-state index contributed by atoms with van der Waals surface area (Å²) in [5.41, 5.74) is 0. The lowest BCUT2D eigenvalue weighted by Gasteiger charge is -2.30. The molecule has 0 atom stereocenters. The molecule has 20 heavy (non-hydrogen) atoms. The molecule has 3 nitrogen and oxygen atoms in total. The van der Waals surface area contributed by atoms with Gasteiger partial charge in [0.1, 0.15) is 6.54 Å². The van der Waals surface area contributed by atoms with Gasteiger partial charge in [-0.1, -0.05) is 64.7 Å². The van der Waals surface area contributed by atoms with Crippen LogP contribution in [0, 0.1) is 0 Å². The number of carbonyl (C=O) groups excluding carboxylic acids is 1. The van der Waals surface area contributed by atoms with Crippen molar-refractivity contribution in [2.24, 2.45) is 0 Å². The summed E-state index contributed by atoms with van der Waals surface area (Å²) in [5.74, 6) is -0.946. The Balaban J connectivity index is 3.26. The van der Waals surface area contributed by atoms with Crippen LogP contribution in [0.5, 0.6) is 0 Å². The summed E-state index contributed by atoms with van der Waals surface area (Å²) >= 11 is 0. The van der Waals surface area contributed by atoms with Gasteiger partial charge in [-0.3, -0.25) is 0 Å². The molecule has 0 heterocycles. The van der Waals surface area contributed by atoms with Gasteiger partial charge in [-0.15, -0.1) is 0 Å². The van der Waals surface area contributed by atoms with Crippen LogP contribution in [0.25, 0.3) is 0 Å². The summed E-state index contributed by atoms with van der Waals surface area (Å²) in [6, 6.07) is 0. The largest absolute Gasteiger partial charge is 0.544 e. The highest BCUT2D eigenvalue weighted by molar-refractivity contribution is 5.65. The van der Waals surface area contributed by atoms with Crippen LogP contribution in [0.4, 0.5) is 0 Å². The van der Waals surface area contributed by atoms with Gasteiger partial charge in [-0.25, -0.2) is 0 Å². The van der Waals surface area contributed by atoms with Gasteiger partial charge in [0.25, 0.3) is 0 Å². The number of nitrogens with zero attached hydrogens (tertiary/aromatic N) is 1. The van der Waals surface area contributed by atoms with Crippen molar-refractivity contribution >= 4 is 5.97 Å². The number of rotatable bonds is 14. The van der Waals surface area contributed by atoms with E-state index < -0.39 is 5.97 Å². The highest BCUT2D eigenvalue weighted by Gasteiger charge is 2.14. The molecule has 0 aliphatic carbocycles. The van der Waals surface area contributed by atoms with Crippen LogP contribution in [0.2, 0.25) is 0 Å². The number of hydrogen-bond donors (Lipinski definition) is 0. The van der Waals surface area contributed by atoms with E-state index in [-0.39, 0.29) is 6.54 Å². The molecule has 0 aliphatic heterocycles. The van der Waals surface area contributed by atoms with E-state index in [1.807, 2.05) is 14.1 Å². The molecule has 0 amide bonds. The summed E-state index contributed by atoms with van der Waals surface area (Å²) in [6.07, 6.45) is 14.6. The Labute approximate surface area is 126 Å². The van der Waals surface area contributed by atoms with Gasteiger partial charge >= 0.3 is 0 Å². The van der Waals surface area contributed by atoms with E-state index in [0.717, 1.165) is 13.0 Å². The van der Waals surface area contributed by atoms with Crippen LogP contribution in [-0.2, 0) is 4.79 Å². The summed E-state index contributed by atoms with van der Waals surface area (Å²) in [5, 5.41) is 10.6. The van der Waals surface area contributed by atoms with Crippen molar-refractivity contribution in [3.8, 4) is 0 Å². The minimum absolute atomic E-state index is 0.123. The Morgan fingerprint density at radius 1 is 0.800 bits per heavy atom. The molecule has 0 N–H and O–H groups in total. The predicted octanol–water partition coefficient (Wildman–Crippen LogP) is 3.12. The molecule has 0 aromatic heterocycles. The van der Waals surface area contributed by atoms with Crippen molar-refractivity contribution in [1.82, 2.24) is 0 Å². The maximum Gasteiger partial charge on any atom is 0.119 e. The average Bonchev–Trinajstić information content (AvgIpc) is 2.34. The second kappa shape index (κ2) is 12.2. The third-order valence-electron chi connectivity index (χ3n) is 3.92. The van der Waals surface area contributed by atoms with Crippen LogP contribution in [0.3, 0.4) is 0 Å². The summed E-state index contributed by atoms with van der Waals surface area (Å²) in [4.78, 5) is 10.6. The first-order valence-electron chi connectivity index (χ1n) is 8.50. The molecule has 0 aliphatic rings. The molecule has 0 rings (SSSR count). The van der Waals surface area contributed by atoms with Gasteiger partial charge in [0.05, 0.1) is 26.6 Å². The smallest absolute Gasteiger partial charge is 0.119 e. The van der Waals surface area contributed by atoms with E-state index in [2.05, 4.69) is 6.92 Å². The molecule has 0 spiro atoms. The molecule has 0 aromatic carbocycles. The normalized spacial score (nSPS) is 11.8. The molecular formula is C17H35NO2. The Morgan fingerprint density at radius 3 is 1.60 bits per heavy atom. The fourth-order valence-corrected chi connectivity index (χ4v) is 2.63. The maximum atomic E-state index is 10.6. The predicted molar refractivity (Wildman–Crippen MR) is 83.3 cm³/mol. The van der Waals surface area contributed by atoms with Crippen molar-refractivity contribution in [2.45, 2.75) is 77.6 Å². The van der Waals surface area contributed by atoms with Crippen molar-refractivity contribution in [3.05, 3.63) is 0 Å². The van der Waals surface area contributed by atoms with Gasteiger partial charge in [0.2, 0.25) is 0 Å². The lowest BCUT2D eigenvalue weighted by atomic mass is 10.1. The number of unbranched alkanes of at least 4 members (excludes halogenated alkanes) is 10. The fraction of sp³-hybridized carbons (Fsp3) is 0.941. The molecule has 0 saturated heterocycles. The molecule has 0 radical (unpaired) electrons. The van der Waals surface area contributed by atoms with E-state index in [1.54, 1.807) is 0 Å². The number of aliphatic carboxylic acids is 1. The van der Waals surface area contributed by atoms with Gasteiger partial charge < -0.3 is 14.4 Å². The monoisotopic (exact) mass is 285 g/mol. The Kier molecular flexibility index (Phi) is 11.8. The second-order valence-corrected chi connectivity index (χ2v) is 6.72. The van der Waals surface area contributed by atoms with E-state index in [0.29, 0.717) is 4.48 Å². The van der Waals surface area contributed by atoms with Crippen LogP contribution in [-0.4, -0.2) is 37.6 Å². The van der Waals surface area contributed by atoms with Crippen LogP contribution in [0.15, 0.2) is 0 Å². The van der Waals surface area contributed by atoms with Gasteiger partial charge in [0, 0.05) is 0 Å². The Hall–Kier alpha value is -0.570. The average molecular weight is 285 g/mol. The maximum absolute atomic E-state index is 10.6. The highest BCUT2D eigenvalue weighted by atomic mass is 16.4. The molecule has 0 fully saturated rings. The highest BCUT2D eigenvalue weighted by Crippen LogP contribution is 2.12. The first kappa shape index (κ1) is 19.4. The van der Waals surface area contributed by atoms with Crippen molar-refractivity contribution < 1.29 is 14.4 Å². The molecule has 120 valence electrons. The van der Waals surface area contributed by atoms with Crippen molar-refractivity contribution in [2.75, 3.05) is 27.2 Å². The zero-order chi connectivity index (χ0) is 15.3. The second-order valence-electron chi connectivity index (χ2n) is 6.72. The van der Waals surface area contributed by atoms with E-state index in [1.165, 1.54) is 64.2 Å². The number of carboxylic acid groups (broad SMARTS) is 1. The summed E-state index contributed by atoms with van der Waals surface area (Å²) < 4.78 is 0.541. The lowest BCUT2D eigenvalue weighted by Crippen LogP contribution is -2.48. The van der Waals surface area contributed by atoms with E-state index in [4.69, 9.17) is 0 Å². The first-order valence-corrected chi connectivity index (χ1v) is 8.50. The van der Waals surface area contributed by atoms with Gasteiger partial charge in [-0.2, -0.15) is 0 Å². The van der Waals surface area contributed by atoms with E-state index in [9.17, 15) is 9.90 Å². The molecule has 0 saturated carbocycles. The van der Waals surface area contributed by atoms with Gasteiger partial charge in [-0.05, 0) is 12.8 Å². The zero-order valence-electron chi connectivity index (χ0n) is 14.0. The third-order valence-corrected chi connectivity index (χ3v) is 3.92. The molecule has 0 aromatic rings. The first-order chi connectivity index (χ1) is 9.48. The minimum atomic E-state index is -0.946. The minimum Gasteiger partial charge on any atom is -0.544 e. The van der Waals surface area contributed by atoms with Gasteiger partial charge in [0.15, 0.2) is 0 Å². The lowest BCUT2D eigenvalue weighted by molar-refractivity contribution is -0.885. The Morgan fingerprint density at radius 2 is 1.20 bits per heavy atom. The number of carboxylic acids is 1. The summed E-state index contributed by atoms with van der Waals surface area (Å²) in [6.45, 7) is 3.32. The molecule has 3 heteroatoms.